The fraction of sp³-hybridized carbons (Fsp3) is 0.636. The lowest BCUT2D eigenvalue weighted by molar-refractivity contribution is 0.00877. The van der Waals surface area contributed by atoms with Crippen molar-refractivity contribution in [1.82, 2.24) is 9.88 Å². The molecule has 0 spiro atoms. The van der Waals surface area contributed by atoms with Crippen LogP contribution in [0.1, 0.15) is 78.0 Å². The number of aliphatic hydroxyl groups is 1. The average molecular weight is 375 g/mol. The van der Waals surface area contributed by atoms with Crippen LogP contribution in [0.3, 0.4) is 0 Å². The van der Waals surface area contributed by atoms with Crippen LogP contribution in [-0.4, -0.2) is 39.8 Å². The standard InChI is InChI=1S/C22H34N2O3/c1-6-7-8-13-21(2,3)27-20(25)24-15-11-17(12-16-24)18-10-9-14-23-19(18)22(4,5)26/h9-11,14,26H,6-8,12-13,15-16H2,1-5H3. The molecule has 0 saturated carbocycles. The van der Waals surface area contributed by atoms with Crippen LogP contribution in [-0.2, 0) is 10.3 Å². The molecule has 1 aromatic heterocycles. The molecule has 0 fully saturated rings. The van der Waals surface area contributed by atoms with Crippen LogP contribution in [0, 0.1) is 0 Å². The molecule has 2 rings (SSSR count). The summed E-state index contributed by atoms with van der Waals surface area (Å²) in [6.45, 7) is 10.7. The summed E-state index contributed by atoms with van der Waals surface area (Å²) in [6.07, 6.45) is 8.48. The van der Waals surface area contributed by atoms with E-state index in [0.717, 1.165) is 43.2 Å². The van der Waals surface area contributed by atoms with E-state index in [-0.39, 0.29) is 6.09 Å². The van der Waals surface area contributed by atoms with Crippen molar-refractivity contribution in [3.05, 3.63) is 35.7 Å². The van der Waals surface area contributed by atoms with Crippen molar-refractivity contribution < 1.29 is 14.6 Å². The highest BCUT2D eigenvalue weighted by Crippen LogP contribution is 2.30. The maximum Gasteiger partial charge on any atom is 0.410 e. The molecule has 0 radical (unpaired) electrons. The van der Waals surface area contributed by atoms with Gasteiger partial charge in [-0.25, -0.2) is 4.79 Å². The van der Waals surface area contributed by atoms with E-state index in [9.17, 15) is 9.90 Å². The molecule has 0 atom stereocenters. The number of amides is 1. The third-order valence-electron chi connectivity index (χ3n) is 4.95. The van der Waals surface area contributed by atoms with E-state index < -0.39 is 11.2 Å². The Hall–Kier alpha value is -1.88. The third-order valence-corrected chi connectivity index (χ3v) is 4.95. The molecule has 0 unspecified atom stereocenters. The van der Waals surface area contributed by atoms with E-state index >= 15 is 0 Å². The van der Waals surface area contributed by atoms with Gasteiger partial charge in [-0.05, 0) is 58.6 Å². The molecular formula is C22H34N2O3. The zero-order valence-corrected chi connectivity index (χ0v) is 17.4. The monoisotopic (exact) mass is 374 g/mol. The molecule has 5 nitrogen and oxygen atoms in total. The van der Waals surface area contributed by atoms with Gasteiger partial charge in [0.25, 0.3) is 0 Å². The quantitative estimate of drug-likeness (QED) is 0.690. The minimum Gasteiger partial charge on any atom is -0.443 e. The highest BCUT2D eigenvalue weighted by molar-refractivity contribution is 5.73. The second-order valence-corrected chi connectivity index (χ2v) is 8.47. The maximum absolute atomic E-state index is 12.5. The van der Waals surface area contributed by atoms with Gasteiger partial charge >= 0.3 is 6.09 Å². The number of hydrogen-bond donors (Lipinski definition) is 1. The molecule has 0 aliphatic carbocycles. The lowest BCUT2D eigenvalue weighted by atomic mass is 9.91. The van der Waals surface area contributed by atoms with Gasteiger partial charge in [-0.1, -0.05) is 31.9 Å². The minimum atomic E-state index is -1.00. The molecular weight excluding hydrogens is 340 g/mol. The number of aromatic nitrogens is 1. The topological polar surface area (TPSA) is 62.7 Å². The first kappa shape index (κ1) is 21.4. The predicted molar refractivity (Wildman–Crippen MR) is 108 cm³/mol. The van der Waals surface area contributed by atoms with Crippen molar-refractivity contribution >= 4 is 11.7 Å². The number of hydrogen-bond acceptors (Lipinski definition) is 4. The number of pyridine rings is 1. The van der Waals surface area contributed by atoms with Gasteiger partial charge in [-0.3, -0.25) is 4.98 Å². The zero-order valence-electron chi connectivity index (χ0n) is 17.4. The molecule has 1 aliphatic heterocycles. The second-order valence-electron chi connectivity index (χ2n) is 8.47. The molecule has 1 amide bonds. The van der Waals surface area contributed by atoms with Gasteiger partial charge in [0.05, 0.1) is 5.69 Å². The summed E-state index contributed by atoms with van der Waals surface area (Å²) in [5.41, 5.74) is 1.30. The molecule has 1 aromatic rings. The fourth-order valence-electron chi connectivity index (χ4n) is 3.38. The van der Waals surface area contributed by atoms with E-state index in [1.54, 1.807) is 24.9 Å². The molecule has 1 N–H and O–H groups in total. The number of carbonyl (C=O) groups is 1. The van der Waals surface area contributed by atoms with Crippen molar-refractivity contribution in [1.29, 1.82) is 0 Å². The second kappa shape index (κ2) is 8.87. The number of nitrogens with zero attached hydrogens (tertiary/aromatic N) is 2. The maximum atomic E-state index is 12.5. The van der Waals surface area contributed by atoms with Crippen molar-refractivity contribution in [2.75, 3.05) is 13.1 Å². The first-order valence-corrected chi connectivity index (χ1v) is 9.99. The average Bonchev–Trinajstić information content (AvgIpc) is 2.61. The SMILES string of the molecule is CCCCCC(C)(C)OC(=O)N1CC=C(c2cccnc2C(C)(C)O)CC1. The molecule has 0 bridgehead atoms. The Kier molecular flexibility index (Phi) is 7.04. The predicted octanol–water partition coefficient (Wildman–Crippen LogP) is 4.89. The van der Waals surface area contributed by atoms with Gasteiger partial charge in [-0.2, -0.15) is 0 Å². The summed E-state index contributed by atoms with van der Waals surface area (Å²) in [4.78, 5) is 18.6. The van der Waals surface area contributed by atoms with Crippen LogP contribution in [0.2, 0.25) is 0 Å². The Labute approximate surface area is 163 Å². The number of unbranched alkanes of at least 4 members (excludes halogenated alkanes) is 2. The van der Waals surface area contributed by atoms with Crippen LogP contribution in [0.25, 0.3) is 5.57 Å². The van der Waals surface area contributed by atoms with Crippen LogP contribution in [0.4, 0.5) is 4.79 Å². The Morgan fingerprint density at radius 3 is 2.63 bits per heavy atom. The van der Waals surface area contributed by atoms with Gasteiger partial charge in [0.15, 0.2) is 0 Å². The van der Waals surface area contributed by atoms with Gasteiger partial charge in [0.2, 0.25) is 0 Å². The number of ether oxygens (including phenoxy) is 1. The van der Waals surface area contributed by atoms with E-state index in [2.05, 4.69) is 11.9 Å². The van der Waals surface area contributed by atoms with Crippen LogP contribution < -0.4 is 0 Å². The molecule has 27 heavy (non-hydrogen) atoms. The largest absolute Gasteiger partial charge is 0.443 e. The molecule has 150 valence electrons. The van der Waals surface area contributed by atoms with Crippen molar-refractivity contribution in [3.8, 4) is 0 Å². The van der Waals surface area contributed by atoms with Crippen LogP contribution in [0.15, 0.2) is 24.4 Å². The molecule has 0 aromatic carbocycles. The van der Waals surface area contributed by atoms with Crippen LogP contribution in [0.5, 0.6) is 0 Å². The van der Waals surface area contributed by atoms with Gasteiger partial charge in [-0.15, -0.1) is 0 Å². The number of rotatable bonds is 7. The normalized spacial score (nSPS) is 15.5. The molecule has 1 aliphatic rings. The lowest BCUT2D eigenvalue weighted by Gasteiger charge is -2.32. The summed E-state index contributed by atoms with van der Waals surface area (Å²) in [6, 6.07) is 3.86. The van der Waals surface area contributed by atoms with E-state index in [1.165, 1.54) is 0 Å². The van der Waals surface area contributed by atoms with Crippen molar-refractivity contribution in [2.24, 2.45) is 0 Å². The Balaban J connectivity index is 2.02. The highest BCUT2D eigenvalue weighted by atomic mass is 16.6. The van der Waals surface area contributed by atoms with Crippen LogP contribution >= 0.6 is 0 Å². The highest BCUT2D eigenvalue weighted by Gasteiger charge is 2.28. The summed E-state index contributed by atoms with van der Waals surface area (Å²) in [7, 11) is 0. The summed E-state index contributed by atoms with van der Waals surface area (Å²) in [5.74, 6) is 0. The van der Waals surface area contributed by atoms with Gasteiger partial charge < -0.3 is 14.7 Å². The van der Waals surface area contributed by atoms with E-state index in [4.69, 9.17) is 4.74 Å². The van der Waals surface area contributed by atoms with Gasteiger partial charge in [0, 0.05) is 24.8 Å². The Morgan fingerprint density at radius 1 is 1.30 bits per heavy atom. The first-order chi connectivity index (χ1) is 12.6. The lowest BCUT2D eigenvalue weighted by Crippen LogP contribution is -2.40. The van der Waals surface area contributed by atoms with Crippen molar-refractivity contribution in [3.63, 3.8) is 0 Å². The minimum absolute atomic E-state index is 0.249. The Morgan fingerprint density at radius 2 is 2.04 bits per heavy atom. The zero-order chi connectivity index (χ0) is 20.1. The van der Waals surface area contributed by atoms with Crippen molar-refractivity contribution in [2.45, 2.75) is 77.9 Å². The Bertz CT molecular complexity index is 674. The van der Waals surface area contributed by atoms with Gasteiger partial charge in [0.1, 0.15) is 11.2 Å². The van der Waals surface area contributed by atoms with E-state index in [1.807, 2.05) is 32.1 Å². The summed E-state index contributed by atoms with van der Waals surface area (Å²) < 4.78 is 5.75. The molecule has 5 heteroatoms. The smallest absolute Gasteiger partial charge is 0.410 e. The fourth-order valence-corrected chi connectivity index (χ4v) is 3.38. The third kappa shape index (κ3) is 6.06. The molecule has 2 heterocycles. The first-order valence-electron chi connectivity index (χ1n) is 9.99. The van der Waals surface area contributed by atoms with E-state index in [0.29, 0.717) is 18.8 Å². The number of carbonyl (C=O) groups excluding carboxylic acids is 1. The molecule has 0 saturated heterocycles. The summed E-state index contributed by atoms with van der Waals surface area (Å²) in [5, 5.41) is 10.4. The summed E-state index contributed by atoms with van der Waals surface area (Å²) >= 11 is 0.